The lowest BCUT2D eigenvalue weighted by atomic mass is 9.75. The van der Waals surface area contributed by atoms with Crippen LogP contribution in [0.15, 0.2) is 54.3 Å². The summed E-state index contributed by atoms with van der Waals surface area (Å²) in [5, 5.41) is 2.23. The zero-order valence-corrected chi connectivity index (χ0v) is 16.8. The summed E-state index contributed by atoms with van der Waals surface area (Å²) in [6.45, 7) is 6.73. The summed E-state index contributed by atoms with van der Waals surface area (Å²) in [6.07, 6.45) is 4.06. The summed E-state index contributed by atoms with van der Waals surface area (Å²) in [7, 11) is 0. The second kappa shape index (κ2) is 7.96. The van der Waals surface area contributed by atoms with Gasteiger partial charge in [0.25, 0.3) is 6.29 Å². The molecule has 0 N–H and O–H groups in total. The molecule has 0 aromatic heterocycles. The molecule has 4 atom stereocenters. The summed E-state index contributed by atoms with van der Waals surface area (Å²) in [6, 6.07) is 14.0. The molecule has 4 rings (SSSR count). The highest BCUT2D eigenvalue weighted by Gasteiger charge is 2.38. The summed E-state index contributed by atoms with van der Waals surface area (Å²) in [5.74, 6) is 2.31. The Hall–Kier alpha value is -2.33. The van der Waals surface area contributed by atoms with Crippen LogP contribution in [0.2, 0.25) is 0 Å². The van der Waals surface area contributed by atoms with Gasteiger partial charge in [0, 0.05) is 0 Å². The van der Waals surface area contributed by atoms with Crippen molar-refractivity contribution in [3.05, 3.63) is 54.3 Å². The molecule has 2 aromatic rings. The minimum absolute atomic E-state index is 0.0725. The fraction of sp³-hybridized carbons (Fsp3) is 0.458. The zero-order valence-electron chi connectivity index (χ0n) is 16.8. The fourth-order valence-corrected chi connectivity index (χ4v) is 4.35. The highest BCUT2D eigenvalue weighted by Crippen LogP contribution is 2.37. The van der Waals surface area contributed by atoms with E-state index in [0.717, 1.165) is 23.6 Å². The van der Waals surface area contributed by atoms with Crippen LogP contribution in [0.5, 0.6) is 5.75 Å². The lowest BCUT2D eigenvalue weighted by Gasteiger charge is -2.38. The number of hydrogen-bond acceptors (Lipinski definition) is 4. The number of ether oxygens (including phenoxy) is 3. The van der Waals surface area contributed by atoms with Crippen LogP contribution in [0.3, 0.4) is 0 Å². The van der Waals surface area contributed by atoms with Crippen molar-refractivity contribution in [2.45, 2.75) is 52.4 Å². The Bertz CT molecular complexity index is 885. The first-order chi connectivity index (χ1) is 13.5. The molecule has 0 spiro atoms. The molecule has 4 heteroatoms. The molecule has 1 aliphatic heterocycles. The Kier molecular flexibility index (Phi) is 5.40. The molecule has 28 heavy (non-hydrogen) atoms. The number of benzene rings is 2. The summed E-state index contributed by atoms with van der Waals surface area (Å²) in [4.78, 5) is 11.9. The highest BCUT2D eigenvalue weighted by molar-refractivity contribution is 5.86. The van der Waals surface area contributed by atoms with Crippen LogP contribution in [0.4, 0.5) is 0 Å². The minimum atomic E-state index is -0.768. The monoisotopic (exact) mass is 380 g/mol. The van der Waals surface area contributed by atoms with Crippen molar-refractivity contribution in [2.75, 3.05) is 0 Å². The van der Waals surface area contributed by atoms with E-state index < -0.39 is 12.3 Å². The van der Waals surface area contributed by atoms with E-state index in [1.165, 1.54) is 12.5 Å². The topological polar surface area (TPSA) is 44.8 Å². The summed E-state index contributed by atoms with van der Waals surface area (Å²) >= 11 is 0. The van der Waals surface area contributed by atoms with Crippen LogP contribution in [0.1, 0.15) is 40.0 Å². The van der Waals surface area contributed by atoms with Crippen molar-refractivity contribution in [3.8, 4) is 5.75 Å². The van der Waals surface area contributed by atoms with Gasteiger partial charge >= 0.3 is 5.97 Å². The van der Waals surface area contributed by atoms with Crippen molar-refractivity contribution in [2.24, 2.45) is 17.8 Å². The molecule has 4 nitrogen and oxygen atoms in total. The first-order valence-electron chi connectivity index (χ1n) is 10.2. The Labute approximate surface area is 166 Å². The second-order valence-electron chi connectivity index (χ2n) is 8.43. The molecule has 0 radical (unpaired) electrons. The quantitative estimate of drug-likeness (QED) is 0.646. The van der Waals surface area contributed by atoms with Gasteiger partial charge in [-0.3, -0.25) is 0 Å². The van der Waals surface area contributed by atoms with E-state index in [2.05, 4.69) is 26.8 Å². The first-order valence-corrected chi connectivity index (χ1v) is 10.2. The standard InChI is InChI=1S/C24H28O4/c1-15(2)20-11-8-16(3)12-21(20)27-24-22(14-23(25)28-24)26-19-10-9-17-6-4-5-7-18(17)13-19/h4-7,9-10,13-16,20-21,24H,8,11-12H2,1-3H3/t16-,20+,21-,24-/m1/s1. The first kappa shape index (κ1) is 19.0. The smallest absolute Gasteiger partial charge is 0.337 e. The molecule has 1 heterocycles. The fourth-order valence-electron chi connectivity index (χ4n) is 4.35. The zero-order chi connectivity index (χ0) is 19.7. The molecule has 2 aliphatic rings. The Balaban J connectivity index is 1.50. The number of carbonyl (C=O) groups excluding carboxylic acids is 1. The van der Waals surface area contributed by atoms with Gasteiger partial charge in [-0.15, -0.1) is 0 Å². The van der Waals surface area contributed by atoms with Crippen LogP contribution in [-0.4, -0.2) is 18.4 Å². The molecule has 2 aromatic carbocycles. The van der Waals surface area contributed by atoms with Crippen molar-refractivity contribution in [1.29, 1.82) is 0 Å². The maximum atomic E-state index is 11.9. The van der Waals surface area contributed by atoms with Gasteiger partial charge in [0.15, 0.2) is 5.76 Å². The molecule has 0 unspecified atom stereocenters. The molecule has 1 saturated carbocycles. The minimum Gasteiger partial charge on any atom is -0.455 e. The molecule has 0 bridgehead atoms. The average Bonchev–Trinajstić information content (AvgIpc) is 3.00. The van der Waals surface area contributed by atoms with Gasteiger partial charge < -0.3 is 14.2 Å². The molecular weight excluding hydrogens is 352 g/mol. The van der Waals surface area contributed by atoms with Gasteiger partial charge in [-0.2, -0.15) is 0 Å². The van der Waals surface area contributed by atoms with Gasteiger partial charge in [0.2, 0.25) is 0 Å². The number of rotatable bonds is 5. The Morgan fingerprint density at radius 2 is 1.86 bits per heavy atom. The summed E-state index contributed by atoms with van der Waals surface area (Å²) < 4.78 is 17.7. The number of cyclic esters (lactones) is 1. The van der Waals surface area contributed by atoms with Gasteiger partial charge in [0.1, 0.15) is 5.75 Å². The molecule has 1 aliphatic carbocycles. The highest BCUT2D eigenvalue weighted by atomic mass is 16.7. The summed E-state index contributed by atoms with van der Waals surface area (Å²) in [5.41, 5.74) is 0. The van der Waals surface area contributed by atoms with Crippen LogP contribution in [-0.2, 0) is 14.3 Å². The van der Waals surface area contributed by atoms with E-state index >= 15 is 0 Å². The van der Waals surface area contributed by atoms with E-state index in [-0.39, 0.29) is 6.10 Å². The number of carbonyl (C=O) groups is 1. The molecule has 0 saturated heterocycles. The van der Waals surface area contributed by atoms with Crippen LogP contribution < -0.4 is 4.74 Å². The molecular formula is C24H28O4. The van der Waals surface area contributed by atoms with Crippen molar-refractivity contribution >= 4 is 16.7 Å². The SMILES string of the molecule is CC(C)[C@@H]1CC[C@@H](C)C[C@H]1O[C@@H]1OC(=O)C=C1Oc1ccc2ccccc2c1. The van der Waals surface area contributed by atoms with Crippen molar-refractivity contribution in [1.82, 2.24) is 0 Å². The molecule has 0 amide bonds. The third-order valence-corrected chi connectivity index (χ3v) is 5.93. The number of fused-ring (bicyclic) bond motifs is 1. The van der Waals surface area contributed by atoms with Gasteiger partial charge in [-0.1, -0.05) is 57.5 Å². The number of esters is 1. The van der Waals surface area contributed by atoms with Crippen LogP contribution in [0.25, 0.3) is 10.8 Å². The van der Waals surface area contributed by atoms with Gasteiger partial charge in [-0.25, -0.2) is 4.79 Å². The number of hydrogen-bond donors (Lipinski definition) is 0. The lowest BCUT2D eigenvalue weighted by Crippen LogP contribution is -2.38. The van der Waals surface area contributed by atoms with Gasteiger partial charge in [0.05, 0.1) is 12.2 Å². The van der Waals surface area contributed by atoms with Crippen LogP contribution in [0, 0.1) is 17.8 Å². The lowest BCUT2D eigenvalue weighted by molar-refractivity contribution is -0.186. The largest absolute Gasteiger partial charge is 0.455 e. The van der Waals surface area contributed by atoms with E-state index in [0.29, 0.717) is 29.3 Å². The predicted octanol–water partition coefficient (Wildman–Crippen LogP) is 5.46. The third kappa shape index (κ3) is 4.07. The van der Waals surface area contributed by atoms with E-state index in [4.69, 9.17) is 14.2 Å². The van der Waals surface area contributed by atoms with Crippen LogP contribution >= 0.6 is 0 Å². The normalized spacial score (nSPS) is 27.7. The second-order valence-corrected chi connectivity index (χ2v) is 8.43. The maximum absolute atomic E-state index is 11.9. The maximum Gasteiger partial charge on any atom is 0.337 e. The third-order valence-electron chi connectivity index (χ3n) is 5.93. The van der Waals surface area contributed by atoms with E-state index in [1.807, 2.05) is 36.4 Å². The van der Waals surface area contributed by atoms with Crippen molar-refractivity contribution in [3.63, 3.8) is 0 Å². The molecule has 148 valence electrons. The predicted molar refractivity (Wildman–Crippen MR) is 109 cm³/mol. The van der Waals surface area contributed by atoms with Gasteiger partial charge in [-0.05, 0) is 53.5 Å². The van der Waals surface area contributed by atoms with E-state index in [1.54, 1.807) is 0 Å². The Morgan fingerprint density at radius 1 is 1.07 bits per heavy atom. The Morgan fingerprint density at radius 3 is 2.64 bits per heavy atom. The van der Waals surface area contributed by atoms with E-state index in [9.17, 15) is 4.79 Å². The average molecular weight is 380 g/mol. The van der Waals surface area contributed by atoms with Crippen molar-refractivity contribution < 1.29 is 19.0 Å². The molecule has 1 fully saturated rings.